The highest BCUT2D eigenvalue weighted by atomic mass is 35.5. The van der Waals surface area contributed by atoms with Crippen LogP contribution in [-0.4, -0.2) is 25.1 Å². The van der Waals surface area contributed by atoms with E-state index in [-0.39, 0.29) is 0 Å². The van der Waals surface area contributed by atoms with Crippen molar-refractivity contribution in [3.8, 4) is 11.4 Å². The summed E-state index contributed by atoms with van der Waals surface area (Å²) in [5.41, 5.74) is 3.50. The first kappa shape index (κ1) is 15.7. The molecule has 0 spiro atoms. The van der Waals surface area contributed by atoms with Gasteiger partial charge in [-0.05, 0) is 48.5 Å². The summed E-state index contributed by atoms with van der Waals surface area (Å²) >= 11 is 6.18. The Labute approximate surface area is 159 Å². The highest BCUT2D eigenvalue weighted by molar-refractivity contribution is 6.31. The Morgan fingerprint density at radius 2 is 1.93 bits per heavy atom. The number of hydrogen-bond acceptors (Lipinski definition) is 5. The van der Waals surface area contributed by atoms with Crippen LogP contribution in [0.1, 0.15) is 0 Å². The van der Waals surface area contributed by atoms with Crippen molar-refractivity contribution in [2.45, 2.75) is 0 Å². The number of aromatic nitrogens is 5. The van der Waals surface area contributed by atoms with Crippen LogP contribution in [0.3, 0.4) is 0 Å². The molecule has 5 rings (SSSR count). The Morgan fingerprint density at radius 1 is 0.963 bits per heavy atom. The molecule has 0 radical (unpaired) electrons. The Morgan fingerprint density at radius 3 is 2.81 bits per heavy atom. The second-order valence-corrected chi connectivity index (χ2v) is 6.53. The number of hydrogen-bond donors (Lipinski definition) is 2. The Balaban J connectivity index is 1.67. The molecule has 3 aromatic heterocycles. The van der Waals surface area contributed by atoms with Crippen molar-refractivity contribution in [3.05, 3.63) is 72.1 Å². The molecule has 2 aromatic carbocycles. The van der Waals surface area contributed by atoms with Crippen LogP contribution in [0.25, 0.3) is 33.2 Å². The van der Waals surface area contributed by atoms with Crippen molar-refractivity contribution in [1.29, 1.82) is 0 Å². The standard InChI is InChI=1S/C20H13ClN6/c21-14-3-5-16-18(9-14)25-19(12-2-1-7-22-10-12)26-20(16)24-15-4-6-17-13(8-15)11-23-27-17/h1-11H,(H,23,27)(H,24,25,26). The van der Waals surface area contributed by atoms with Gasteiger partial charge < -0.3 is 5.32 Å². The summed E-state index contributed by atoms with van der Waals surface area (Å²) in [7, 11) is 0. The lowest BCUT2D eigenvalue weighted by Crippen LogP contribution is -1.99. The third-order valence-corrected chi connectivity index (χ3v) is 4.52. The molecule has 3 heterocycles. The van der Waals surface area contributed by atoms with Crippen LogP contribution in [0, 0.1) is 0 Å². The van der Waals surface area contributed by atoms with E-state index in [0.717, 1.165) is 33.1 Å². The van der Waals surface area contributed by atoms with E-state index in [2.05, 4.69) is 25.5 Å². The normalized spacial score (nSPS) is 11.1. The minimum absolute atomic E-state index is 0.588. The fraction of sp³-hybridized carbons (Fsp3) is 0. The number of nitrogens with zero attached hydrogens (tertiary/aromatic N) is 4. The van der Waals surface area contributed by atoms with Gasteiger partial charge in [-0.1, -0.05) is 11.6 Å². The fourth-order valence-corrected chi connectivity index (χ4v) is 3.15. The molecule has 0 amide bonds. The first-order valence-electron chi connectivity index (χ1n) is 8.34. The molecule has 0 saturated carbocycles. The molecule has 0 saturated heterocycles. The van der Waals surface area contributed by atoms with Gasteiger partial charge in [-0.3, -0.25) is 10.1 Å². The largest absolute Gasteiger partial charge is 0.340 e. The number of nitrogens with one attached hydrogen (secondary N) is 2. The smallest absolute Gasteiger partial charge is 0.163 e. The average Bonchev–Trinajstić information content (AvgIpc) is 3.16. The molecule has 0 aliphatic rings. The summed E-state index contributed by atoms with van der Waals surface area (Å²) in [6.07, 6.45) is 5.26. The van der Waals surface area contributed by atoms with Gasteiger partial charge in [0.25, 0.3) is 0 Å². The fourth-order valence-electron chi connectivity index (χ4n) is 2.98. The van der Waals surface area contributed by atoms with Gasteiger partial charge in [0.05, 0.1) is 17.2 Å². The van der Waals surface area contributed by atoms with E-state index >= 15 is 0 Å². The van der Waals surface area contributed by atoms with Gasteiger partial charge in [-0.15, -0.1) is 0 Å². The summed E-state index contributed by atoms with van der Waals surface area (Å²) < 4.78 is 0. The quantitative estimate of drug-likeness (QED) is 0.467. The van der Waals surface area contributed by atoms with E-state index in [0.29, 0.717) is 16.7 Å². The summed E-state index contributed by atoms with van der Waals surface area (Å²) in [6.45, 7) is 0. The van der Waals surface area contributed by atoms with Crippen LogP contribution < -0.4 is 5.32 Å². The topological polar surface area (TPSA) is 79.4 Å². The van der Waals surface area contributed by atoms with Crippen LogP contribution in [-0.2, 0) is 0 Å². The summed E-state index contributed by atoms with van der Waals surface area (Å²) in [4.78, 5) is 13.6. The minimum Gasteiger partial charge on any atom is -0.340 e. The van der Waals surface area contributed by atoms with Crippen molar-refractivity contribution in [2.24, 2.45) is 0 Å². The minimum atomic E-state index is 0.588. The zero-order valence-electron chi connectivity index (χ0n) is 14.0. The maximum absolute atomic E-state index is 6.18. The van der Waals surface area contributed by atoms with E-state index in [1.165, 1.54) is 0 Å². The van der Waals surface area contributed by atoms with Gasteiger partial charge in [-0.2, -0.15) is 5.10 Å². The number of aromatic amines is 1. The first-order chi connectivity index (χ1) is 13.3. The van der Waals surface area contributed by atoms with Gasteiger partial charge in [0.15, 0.2) is 5.82 Å². The third kappa shape index (κ3) is 2.96. The number of halogens is 1. The zero-order valence-corrected chi connectivity index (χ0v) is 14.8. The van der Waals surface area contributed by atoms with Crippen LogP contribution in [0.15, 0.2) is 67.1 Å². The third-order valence-electron chi connectivity index (χ3n) is 4.28. The molecule has 6 nitrogen and oxygen atoms in total. The van der Waals surface area contributed by atoms with Crippen molar-refractivity contribution in [3.63, 3.8) is 0 Å². The monoisotopic (exact) mass is 372 g/mol. The Hall–Kier alpha value is -3.51. The number of pyridine rings is 1. The van der Waals surface area contributed by atoms with E-state index in [1.54, 1.807) is 18.6 Å². The molecule has 0 aliphatic heterocycles. The van der Waals surface area contributed by atoms with Gasteiger partial charge in [0, 0.05) is 39.4 Å². The van der Waals surface area contributed by atoms with Crippen molar-refractivity contribution in [1.82, 2.24) is 25.1 Å². The molecule has 0 aliphatic carbocycles. The van der Waals surface area contributed by atoms with Crippen LogP contribution in [0.2, 0.25) is 5.02 Å². The maximum atomic E-state index is 6.18. The van der Waals surface area contributed by atoms with Gasteiger partial charge in [0.2, 0.25) is 0 Å². The molecule has 0 unspecified atom stereocenters. The van der Waals surface area contributed by atoms with Crippen molar-refractivity contribution < 1.29 is 0 Å². The number of benzene rings is 2. The maximum Gasteiger partial charge on any atom is 0.163 e. The van der Waals surface area contributed by atoms with Crippen molar-refractivity contribution >= 4 is 44.9 Å². The molecule has 2 N–H and O–H groups in total. The average molecular weight is 373 g/mol. The number of fused-ring (bicyclic) bond motifs is 2. The predicted molar refractivity (Wildman–Crippen MR) is 107 cm³/mol. The summed E-state index contributed by atoms with van der Waals surface area (Å²) in [6, 6.07) is 15.4. The first-order valence-corrected chi connectivity index (χ1v) is 8.72. The Kier molecular flexibility index (Phi) is 3.69. The number of rotatable bonds is 3. The molecule has 0 atom stereocenters. The van der Waals surface area contributed by atoms with Gasteiger partial charge >= 0.3 is 0 Å². The lowest BCUT2D eigenvalue weighted by Gasteiger charge is -2.11. The SMILES string of the molecule is Clc1ccc2c(Nc3ccc4[nH]ncc4c3)nc(-c3cccnc3)nc2c1. The van der Waals surface area contributed by atoms with E-state index in [4.69, 9.17) is 16.6 Å². The number of anilines is 2. The molecule has 130 valence electrons. The van der Waals surface area contributed by atoms with E-state index < -0.39 is 0 Å². The van der Waals surface area contributed by atoms with Gasteiger partial charge in [0.1, 0.15) is 5.82 Å². The predicted octanol–water partition coefficient (Wildman–Crippen LogP) is 4.97. The molecule has 0 bridgehead atoms. The van der Waals surface area contributed by atoms with Gasteiger partial charge in [-0.25, -0.2) is 9.97 Å². The molecular weight excluding hydrogens is 360 g/mol. The highest BCUT2D eigenvalue weighted by Gasteiger charge is 2.11. The lowest BCUT2D eigenvalue weighted by atomic mass is 10.2. The Bertz CT molecular complexity index is 1270. The summed E-state index contributed by atoms with van der Waals surface area (Å²) in [5.74, 6) is 1.29. The second-order valence-electron chi connectivity index (χ2n) is 6.10. The van der Waals surface area contributed by atoms with Crippen LogP contribution in [0.4, 0.5) is 11.5 Å². The molecule has 5 aromatic rings. The lowest BCUT2D eigenvalue weighted by molar-refractivity contribution is 1.12. The number of H-pyrrole nitrogens is 1. The molecule has 27 heavy (non-hydrogen) atoms. The second kappa shape index (κ2) is 6.34. The molecule has 0 fully saturated rings. The highest BCUT2D eigenvalue weighted by Crippen LogP contribution is 2.29. The van der Waals surface area contributed by atoms with Crippen LogP contribution >= 0.6 is 11.6 Å². The molecule has 7 heteroatoms. The zero-order chi connectivity index (χ0) is 18.2. The van der Waals surface area contributed by atoms with Crippen LogP contribution in [0.5, 0.6) is 0 Å². The summed E-state index contributed by atoms with van der Waals surface area (Å²) in [5, 5.41) is 13.0. The van der Waals surface area contributed by atoms with E-state index in [1.807, 2.05) is 48.5 Å². The van der Waals surface area contributed by atoms with E-state index in [9.17, 15) is 0 Å². The van der Waals surface area contributed by atoms with Crippen molar-refractivity contribution in [2.75, 3.05) is 5.32 Å². The molecular formula is C20H13ClN6.